The van der Waals surface area contributed by atoms with E-state index < -0.39 is 0 Å². The second kappa shape index (κ2) is 8.98. The molecule has 0 aromatic heterocycles. The predicted octanol–water partition coefficient (Wildman–Crippen LogP) is 5.64. The maximum atomic E-state index is 12.4. The van der Waals surface area contributed by atoms with Crippen LogP contribution in [0.15, 0.2) is 48.4 Å². The van der Waals surface area contributed by atoms with Crippen molar-refractivity contribution in [1.29, 1.82) is 0 Å². The van der Waals surface area contributed by atoms with Crippen LogP contribution in [0, 0.1) is 0 Å². The molecule has 1 rings (SSSR count). The summed E-state index contributed by atoms with van der Waals surface area (Å²) in [4.78, 5) is 0. The summed E-state index contributed by atoms with van der Waals surface area (Å²) in [6, 6.07) is 0. The minimum atomic E-state index is 0.620. The van der Waals surface area contributed by atoms with E-state index in [9.17, 15) is 4.39 Å². The summed E-state index contributed by atoms with van der Waals surface area (Å²) in [6.07, 6.45) is 18.0. The van der Waals surface area contributed by atoms with Gasteiger partial charge >= 0.3 is 0 Å². The van der Waals surface area contributed by atoms with Crippen LogP contribution in [-0.2, 0) is 0 Å². The van der Waals surface area contributed by atoms with Crippen molar-refractivity contribution in [2.45, 2.75) is 51.4 Å². The number of rotatable bonds is 3. The molecule has 0 atom stereocenters. The molecule has 1 aliphatic carbocycles. The van der Waals surface area contributed by atoms with E-state index in [0.29, 0.717) is 6.33 Å². The molecule has 17 heavy (non-hydrogen) atoms. The molecular formula is C16H23F. The first kappa shape index (κ1) is 14.0. The van der Waals surface area contributed by atoms with Crippen molar-refractivity contribution in [3.63, 3.8) is 0 Å². The maximum absolute atomic E-state index is 12.4. The predicted molar refractivity (Wildman–Crippen MR) is 73.5 cm³/mol. The lowest BCUT2D eigenvalue weighted by molar-refractivity contribution is 0.587. The molecule has 0 saturated heterocycles. The zero-order chi connectivity index (χ0) is 12.3. The van der Waals surface area contributed by atoms with Crippen molar-refractivity contribution in [2.75, 3.05) is 0 Å². The van der Waals surface area contributed by atoms with Crippen molar-refractivity contribution in [3.05, 3.63) is 48.4 Å². The van der Waals surface area contributed by atoms with Gasteiger partial charge in [0, 0.05) is 0 Å². The molecular weight excluding hydrogens is 211 g/mol. The highest BCUT2D eigenvalue weighted by Gasteiger charge is 2.04. The van der Waals surface area contributed by atoms with Crippen molar-refractivity contribution in [2.24, 2.45) is 0 Å². The van der Waals surface area contributed by atoms with Crippen LogP contribution in [0.4, 0.5) is 4.39 Å². The molecule has 0 saturated carbocycles. The Labute approximate surface area is 105 Å². The Bertz CT molecular complexity index is 307. The molecule has 0 aromatic rings. The Morgan fingerprint density at radius 2 is 1.82 bits per heavy atom. The van der Waals surface area contributed by atoms with E-state index in [-0.39, 0.29) is 0 Å². The molecule has 1 aliphatic rings. The average Bonchev–Trinajstić information content (AvgIpc) is 2.36. The lowest BCUT2D eigenvalue weighted by Gasteiger charge is -2.11. The fraction of sp³-hybridized carbons (Fsp3) is 0.500. The second-order valence-corrected chi connectivity index (χ2v) is 4.54. The van der Waals surface area contributed by atoms with Gasteiger partial charge in [-0.15, -0.1) is 0 Å². The number of halogens is 1. The number of hydrogen-bond donors (Lipinski definition) is 0. The molecule has 0 bridgehead atoms. The Morgan fingerprint density at radius 3 is 2.53 bits per heavy atom. The van der Waals surface area contributed by atoms with Gasteiger partial charge in [-0.2, -0.15) is 0 Å². The van der Waals surface area contributed by atoms with E-state index in [1.165, 1.54) is 44.1 Å². The van der Waals surface area contributed by atoms with Crippen molar-refractivity contribution in [3.8, 4) is 0 Å². The molecule has 94 valence electrons. The minimum Gasteiger partial charge on any atom is -0.216 e. The number of hydrogen-bond acceptors (Lipinski definition) is 0. The van der Waals surface area contributed by atoms with Gasteiger partial charge in [0.05, 0.1) is 6.33 Å². The summed E-state index contributed by atoms with van der Waals surface area (Å²) in [5, 5.41) is 0. The second-order valence-electron chi connectivity index (χ2n) is 4.54. The van der Waals surface area contributed by atoms with Gasteiger partial charge < -0.3 is 0 Å². The van der Waals surface area contributed by atoms with Gasteiger partial charge in [-0.1, -0.05) is 50.5 Å². The summed E-state index contributed by atoms with van der Waals surface area (Å²) < 4.78 is 12.4. The molecule has 0 amide bonds. The number of allylic oxidation sites excluding steroid dienone is 6. The van der Waals surface area contributed by atoms with Gasteiger partial charge in [0.1, 0.15) is 0 Å². The van der Waals surface area contributed by atoms with Gasteiger partial charge in [0.2, 0.25) is 0 Å². The normalized spacial score (nSPS) is 20.1. The quantitative estimate of drug-likeness (QED) is 0.554. The van der Waals surface area contributed by atoms with Crippen molar-refractivity contribution < 1.29 is 4.39 Å². The fourth-order valence-corrected chi connectivity index (χ4v) is 2.27. The fourth-order valence-electron chi connectivity index (χ4n) is 2.27. The SMILES string of the molecule is C=C/C=C(\C=C\F)C1=CCCCCCCCC1. The Balaban J connectivity index is 2.76. The highest BCUT2D eigenvalue weighted by molar-refractivity contribution is 5.41. The van der Waals surface area contributed by atoms with E-state index in [1.807, 2.05) is 6.08 Å². The first-order valence-electron chi connectivity index (χ1n) is 6.67. The maximum Gasteiger partial charge on any atom is 0.0872 e. The molecule has 0 aromatic carbocycles. The summed E-state index contributed by atoms with van der Waals surface area (Å²) in [7, 11) is 0. The third-order valence-electron chi connectivity index (χ3n) is 3.20. The van der Waals surface area contributed by atoms with Crippen LogP contribution in [0.1, 0.15) is 51.4 Å². The zero-order valence-electron chi connectivity index (χ0n) is 10.6. The molecule has 0 aliphatic heterocycles. The van der Waals surface area contributed by atoms with Gasteiger partial charge in [-0.25, -0.2) is 4.39 Å². The molecule has 0 heterocycles. The summed E-state index contributed by atoms with van der Waals surface area (Å²) in [5.41, 5.74) is 2.25. The van der Waals surface area contributed by atoms with Crippen LogP contribution in [0.25, 0.3) is 0 Å². The van der Waals surface area contributed by atoms with E-state index in [1.54, 1.807) is 12.2 Å². The first-order valence-corrected chi connectivity index (χ1v) is 6.67. The van der Waals surface area contributed by atoms with Crippen LogP contribution < -0.4 is 0 Å². The Kier molecular flexibility index (Phi) is 7.37. The monoisotopic (exact) mass is 234 g/mol. The summed E-state index contributed by atoms with van der Waals surface area (Å²) in [5.74, 6) is 0. The Morgan fingerprint density at radius 1 is 1.12 bits per heavy atom. The molecule has 0 radical (unpaired) electrons. The molecule has 1 heteroatoms. The van der Waals surface area contributed by atoms with Gasteiger partial charge in [0.15, 0.2) is 0 Å². The van der Waals surface area contributed by atoms with Crippen LogP contribution in [0.5, 0.6) is 0 Å². The Hall–Kier alpha value is -1.11. The smallest absolute Gasteiger partial charge is 0.0872 e. The van der Waals surface area contributed by atoms with E-state index >= 15 is 0 Å². The minimum absolute atomic E-state index is 0.620. The third kappa shape index (κ3) is 5.67. The standard InChI is InChI=1S/C16H23F/c1-2-10-15(13-14-17)16-11-8-6-4-3-5-7-9-12-16/h2,10-11,13-14H,1,3-9,12H2/b14-13+,15-10+,16-11?. The third-order valence-corrected chi connectivity index (χ3v) is 3.20. The lowest BCUT2D eigenvalue weighted by Crippen LogP contribution is -1.92. The molecule has 0 N–H and O–H groups in total. The largest absolute Gasteiger partial charge is 0.216 e. The summed E-state index contributed by atoms with van der Waals surface area (Å²) in [6.45, 7) is 3.69. The highest BCUT2D eigenvalue weighted by atomic mass is 19.1. The molecule has 0 unspecified atom stereocenters. The highest BCUT2D eigenvalue weighted by Crippen LogP contribution is 2.23. The van der Waals surface area contributed by atoms with Gasteiger partial charge in [-0.05, 0) is 42.9 Å². The van der Waals surface area contributed by atoms with E-state index in [0.717, 1.165) is 18.4 Å². The van der Waals surface area contributed by atoms with Crippen LogP contribution >= 0.6 is 0 Å². The first-order chi connectivity index (χ1) is 8.38. The molecule has 0 spiro atoms. The summed E-state index contributed by atoms with van der Waals surface area (Å²) >= 11 is 0. The van der Waals surface area contributed by atoms with Gasteiger partial charge in [0.25, 0.3) is 0 Å². The van der Waals surface area contributed by atoms with Crippen LogP contribution in [0.3, 0.4) is 0 Å². The van der Waals surface area contributed by atoms with Crippen molar-refractivity contribution >= 4 is 0 Å². The van der Waals surface area contributed by atoms with Gasteiger partial charge in [-0.3, -0.25) is 0 Å². The average molecular weight is 234 g/mol. The van der Waals surface area contributed by atoms with Crippen LogP contribution in [0.2, 0.25) is 0 Å². The van der Waals surface area contributed by atoms with E-state index in [4.69, 9.17) is 0 Å². The van der Waals surface area contributed by atoms with Crippen LogP contribution in [-0.4, -0.2) is 0 Å². The molecule has 0 fully saturated rings. The molecule has 0 nitrogen and oxygen atoms in total. The topological polar surface area (TPSA) is 0 Å². The zero-order valence-corrected chi connectivity index (χ0v) is 10.6. The lowest BCUT2D eigenvalue weighted by atomic mass is 9.95. The van der Waals surface area contributed by atoms with E-state index in [2.05, 4.69) is 12.7 Å². The van der Waals surface area contributed by atoms with Crippen molar-refractivity contribution in [1.82, 2.24) is 0 Å².